The van der Waals surface area contributed by atoms with E-state index in [2.05, 4.69) is 15.4 Å². The van der Waals surface area contributed by atoms with Gasteiger partial charge in [-0.25, -0.2) is 4.79 Å². The number of anilines is 3. The molecule has 0 unspecified atom stereocenters. The molecule has 0 heterocycles. The summed E-state index contributed by atoms with van der Waals surface area (Å²) in [6.07, 6.45) is -0.481. The maximum atomic E-state index is 12.5. The van der Waals surface area contributed by atoms with Crippen LogP contribution in [0.4, 0.5) is 21.9 Å². The fourth-order valence-electron chi connectivity index (χ4n) is 2.27. The van der Waals surface area contributed by atoms with E-state index in [9.17, 15) is 14.4 Å². The minimum absolute atomic E-state index is 0.129. The maximum Gasteiger partial charge on any atom is 0.413 e. The summed E-state index contributed by atoms with van der Waals surface area (Å²) in [7, 11) is 2.91. The zero-order chi connectivity index (χ0) is 20.9. The molecule has 0 radical (unpaired) electrons. The number of benzene rings is 2. The Morgan fingerprint density at radius 3 is 2.14 bits per heavy atom. The number of rotatable bonds is 4. The lowest BCUT2D eigenvalue weighted by atomic mass is 9.95. The van der Waals surface area contributed by atoms with E-state index < -0.39 is 11.5 Å². The number of nitrogens with zero attached hydrogens (tertiary/aromatic N) is 1. The molecule has 7 heteroatoms. The van der Waals surface area contributed by atoms with Gasteiger partial charge in [0, 0.05) is 35.1 Å². The van der Waals surface area contributed by atoms with Crippen molar-refractivity contribution in [3.8, 4) is 0 Å². The monoisotopic (exact) mass is 383 g/mol. The molecule has 0 bridgehead atoms. The average Bonchev–Trinajstić information content (AvgIpc) is 2.66. The van der Waals surface area contributed by atoms with Gasteiger partial charge in [0.15, 0.2) is 0 Å². The number of carbonyl (C=O) groups excluding carboxylic acids is 3. The molecule has 148 valence electrons. The first-order valence-corrected chi connectivity index (χ1v) is 8.76. The Bertz CT molecular complexity index is 870. The van der Waals surface area contributed by atoms with Gasteiger partial charge in [-0.05, 0) is 42.5 Å². The normalized spacial score (nSPS) is 10.8. The minimum atomic E-state index is -0.530. The zero-order valence-electron chi connectivity index (χ0n) is 16.7. The molecule has 0 spiro atoms. The molecule has 0 aliphatic carbocycles. The SMILES string of the molecule is COC(=O)N(C)c1ccc(NC(=O)c2cccc(NC(=O)C(C)(C)C)c2)cc1. The molecule has 0 saturated carbocycles. The topological polar surface area (TPSA) is 87.7 Å². The highest BCUT2D eigenvalue weighted by Gasteiger charge is 2.21. The van der Waals surface area contributed by atoms with Gasteiger partial charge in [0.2, 0.25) is 5.91 Å². The third kappa shape index (κ3) is 5.33. The van der Waals surface area contributed by atoms with Gasteiger partial charge in [-0.3, -0.25) is 14.5 Å². The molecule has 0 saturated heterocycles. The minimum Gasteiger partial charge on any atom is -0.452 e. The fraction of sp³-hybridized carbons (Fsp3) is 0.286. The van der Waals surface area contributed by atoms with Crippen LogP contribution in [0.1, 0.15) is 31.1 Å². The Morgan fingerprint density at radius 2 is 1.57 bits per heavy atom. The second kappa shape index (κ2) is 8.56. The van der Waals surface area contributed by atoms with E-state index in [4.69, 9.17) is 0 Å². The largest absolute Gasteiger partial charge is 0.452 e. The molecule has 2 N–H and O–H groups in total. The highest BCUT2D eigenvalue weighted by Crippen LogP contribution is 2.20. The van der Waals surface area contributed by atoms with Gasteiger partial charge in [-0.15, -0.1) is 0 Å². The number of carbonyl (C=O) groups is 3. The average molecular weight is 383 g/mol. The summed E-state index contributed by atoms with van der Waals surface area (Å²) in [5, 5.41) is 5.60. The first-order chi connectivity index (χ1) is 13.1. The van der Waals surface area contributed by atoms with Gasteiger partial charge >= 0.3 is 6.09 Å². The Morgan fingerprint density at radius 1 is 0.929 bits per heavy atom. The number of ether oxygens (including phenoxy) is 1. The molecular weight excluding hydrogens is 358 g/mol. The van der Waals surface area contributed by atoms with Crippen LogP contribution >= 0.6 is 0 Å². The summed E-state index contributed by atoms with van der Waals surface area (Å²) < 4.78 is 4.67. The van der Waals surface area contributed by atoms with Crippen molar-refractivity contribution >= 4 is 35.0 Å². The van der Waals surface area contributed by atoms with E-state index in [1.165, 1.54) is 12.0 Å². The lowest BCUT2D eigenvalue weighted by Gasteiger charge is -2.18. The quantitative estimate of drug-likeness (QED) is 0.831. The molecule has 0 aliphatic rings. The lowest BCUT2D eigenvalue weighted by molar-refractivity contribution is -0.123. The molecule has 0 atom stereocenters. The molecule has 7 nitrogen and oxygen atoms in total. The van der Waals surface area contributed by atoms with Gasteiger partial charge in [0.1, 0.15) is 0 Å². The van der Waals surface area contributed by atoms with Crippen LogP contribution in [0.15, 0.2) is 48.5 Å². The number of methoxy groups -OCH3 is 1. The summed E-state index contributed by atoms with van der Waals surface area (Å²) in [6, 6.07) is 13.5. The predicted octanol–water partition coefficient (Wildman–Crippen LogP) is 4.13. The number of amides is 3. The Labute approximate surface area is 164 Å². The molecule has 0 aliphatic heterocycles. The Kier molecular flexibility index (Phi) is 6.41. The standard InChI is InChI=1S/C21H25N3O4/c1-21(2,3)19(26)23-16-8-6-7-14(13-16)18(25)22-15-9-11-17(12-10-15)24(4)20(27)28-5/h6-13H,1-5H3,(H,22,25)(H,23,26). The van der Waals surface area contributed by atoms with E-state index in [0.29, 0.717) is 22.6 Å². The van der Waals surface area contributed by atoms with Crippen LogP contribution in [-0.4, -0.2) is 32.1 Å². The highest BCUT2D eigenvalue weighted by molar-refractivity contribution is 6.05. The second-order valence-electron chi connectivity index (χ2n) is 7.31. The van der Waals surface area contributed by atoms with Gasteiger partial charge in [0.05, 0.1) is 7.11 Å². The van der Waals surface area contributed by atoms with Crippen molar-refractivity contribution in [3.63, 3.8) is 0 Å². The highest BCUT2D eigenvalue weighted by atomic mass is 16.5. The molecule has 2 rings (SSSR count). The van der Waals surface area contributed by atoms with Gasteiger partial charge < -0.3 is 15.4 Å². The molecule has 3 amide bonds. The summed E-state index contributed by atoms with van der Waals surface area (Å²) >= 11 is 0. The van der Waals surface area contributed by atoms with Crippen molar-refractivity contribution < 1.29 is 19.1 Å². The number of nitrogens with one attached hydrogen (secondary N) is 2. The van der Waals surface area contributed by atoms with Gasteiger partial charge in [-0.2, -0.15) is 0 Å². The third-order valence-electron chi connectivity index (χ3n) is 4.02. The molecular formula is C21H25N3O4. The number of hydrogen-bond acceptors (Lipinski definition) is 4. The van der Waals surface area contributed by atoms with Crippen LogP contribution in [-0.2, 0) is 9.53 Å². The first kappa shape index (κ1) is 21.0. The van der Waals surface area contributed by atoms with Gasteiger partial charge in [0.25, 0.3) is 5.91 Å². The molecule has 28 heavy (non-hydrogen) atoms. The van der Waals surface area contributed by atoms with Crippen LogP contribution in [0, 0.1) is 5.41 Å². The predicted molar refractivity (Wildman–Crippen MR) is 110 cm³/mol. The van der Waals surface area contributed by atoms with Crippen LogP contribution in [0.5, 0.6) is 0 Å². The lowest BCUT2D eigenvalue weighted by Crippen LogP contribution is -2.27. The van der Waals surface area contributed by atoms with Crippen LogP contribution in [0.2, 0.25) is 0 Å². The van der Waals surface area contributed by atoms with E-state index in [-0.39, 0.29) is 11.8 Å². The van der Waals surface area contributed by atoms with Crippen molar-refractivity contribution in [2.24, 2.45) is 5.41 Å². The Hall–Kier alpha value is -3.35. The van der Waals surface area contributed by atoms with E-state index in [1.54, 1.807) is 55.6 Å². The van der Waals surface area contributed by atoms with Crippen molar-refractivity contribution in [2.45, 2.75) is 20.8 Å². The summed E-state index contributed by atoms with van der Waals surface area (Å²) in [4.78, 5) is 37.5. The first-order valence-electron chi connectivity index (χ1n) is 8.76. The second-order valence-corrected chi connectivity index (χ2v) is 7.31. The number of hydrogen-bond donors (Lipinski definition) is 2. The van der Waals surface area contributed by atoms with E-state index in [1.807, 2.05) is 20.8 Å². The van der Waals surface area contributed by atoms with Crippen LogP contribution in [0.25, 0.3) is 0 Å². The molecule has 0 fully saturated rings. The summed E-state index contributed by atoms with van der Waals surface area (Å²) in [5.74, 6) is -0.434. The van der Waals surface area contributed by atoms with Crippen LogP contribution < -0.4 is 15.5 Å². The zero-order valence-corrected chi connectivity index (χ0v) is 16.7. The van der Waals surface area contributed by atoms with E-state index in [0.717, 1.165) is 0 Å². The van der Waals surface area contributed by atoms with E-state index >= 15 is 0 Å². The molecule has 2 aromatic rings. The maximum absolute atomic E-state index is 12.5. The summed E-state index contributed by atoms with van der Waals surface area (Å²) in [5.41, 5.74) is 1.66. The van der Waals surface area contributed by atoms with Crippen molar-refractivity contribution in [2.75, 3.05) is 29.7 Å². The van der Waals surface area contributed by atoms with Crippen molar-refractivity contribution in [1.29, 1.82) is 0 Å². The third-order valence-corrected chi connectivity index (χ3v) is 4.02. The van der Waals surface area contributed by atoms with Crippen molar-refractivity contribution in [1.82, 2.24) is 0 Å². The van der Waals surface area contributed by atoms with Crippen molar-refractivity contribution in [3.05, 3.63) is 54.1 Å². The van der Waals surface area contributed by atoms with Crippen LogP contribution in [0.3, 0.4) is 0 Å². The fourth-order valence-corrected chi connectivity index (χ4v) is 2.27. The summed E-state index contributed by atoms with van der Waals surface area (Å²) in [6.45, 7) is 5.46. The molecule has 0 aromatic heterocycles. The Balaban J connectivity index is 2.08. The van der Waals surface area contributed by atoms with Gasteiger partial charge in [-0.1, -0.05) is 26.8 Å². The molecule has 2 aromatic carbocycles. The smallest absolute Gasteiger partial charge is 0.413 e.